The Kier molecular flexibility index (Phi) is 4.16. The normalized spacial score (nSPS) is 19.4. The van der Waals surface area contributed by atoms with Gasteiger partial charge in [0.25, 0.3) is 5.91 Å². The van der Waals surface area contributed by atoms with E-state index >= 15 is 0 Å². The molecule has 0 saturated carbocycles. The van der Waals surface area contributed by atoms with E-state index in [4.69, 9.17) is 0 Å². The van der Waals surface area contributed by atoms with Crippen LogP contribution < -0.4 is 0 Å². The Morgan fingerprint density at radius 1 is 1.25 bits per heavy atom. The molecule has 24 heavy (non-hydrogen) atoms. The second kappa shape index (κ2) is 6.01. The molecule has 7 nitrogen and oxygen atoms in total. The topological polar surface area (TPSA) is 85.2 Å². The number of hydrogen-bond donors (Lipinski definition) is 0. The van der Waals surface area contributed by atoms with Crippen molar-refractivity contribution in [3.63, 3.8) is 0 Å². The van der Waals surface area contributed by atoms with Gasteiger partial charge in [-0.2, -0.15) is 0 Å². The third-order valence-corrected chi connectivity index (χ3v) is 6.20. The summed E-state index contributed by atoms with van der Waals surface area (Å²) < 4.78 is 24.9. The molecule has 1 aromatic carbocycles. The monoisotopic (exact) mass is 348 g/mol. The van der Waals surface area contributed by atoms with Crippen LogP contribution in [0.3, 0.4) is 0 Å². The van der Waals surface area contributed by atoms with E-state index in [1.807, 2.05) is 31.2 Å². The number of carbonyl (C=O) groups excluding carboxylic acids is 1. The van der Waals surface area contributed by atoms with E-state index in [1.54, 1.807) is 18.7 Å². The van der Waals surface area contributed by atoms with Crippen LogP contribution in [0, 0.1) is 13.8 Å². The summed E-state index contributed by atoms with van der Waals surface area (Å²) >= 11 is 0. The van der Waals surface area contributed by atoms with Crippen LogP contribution in [0.15, 0.2) is 24.3 Å². The first-order chi connectivity index (χ1) is 11.3. The second-order valence-corrected chi connectivity index (χ2v) is 8.47. The van der Waals surface area contributed by atoms with Gasteiger partial charge in [0, 0.05) is 13.1 Å². The predicted molar refractivity (Wildman–Crippen MR) is 90.0 cm³/mol. The lowest BCUT2D eigenvalue weighted by atomic mass is 10.2. The van der Waals surface area contributed by atoms with Crippen molar-refractivity contribution in [2.45, 2.75) is 26.3 Å². The molecule has 0 aliphatic carbocycles. The molecule has 0 radical (unpaired) electrons. The Morgan fingerprint density at radius 2 is 1.92 bits per heavy atom. The summed E-state index contributed by atoms with van der Waals surface area (Å²) in [6, 6.07) is 7.46. The number of rotatable bonds is 3. The third-order valence-electron chi connectivity index (χ3n) is 4.45. The van der Waals surface area contributed by atoms with E-state index in [9.17, 15) is 13.2 Å². The highest BCUT2D eigenvalue weighted by Gasteiger charge is 2.34. The zero-order valence-electron chi connectivity index (χ0n) is 13.9. The van der Waals surface area contributed by atoms with Crippen LogP contribution in [0.25, 0.3) is 5.69 Å². The minimum Gasteiger partial charge on any atom is -0.336 e. The molecular formula is C16H20N4O3S. The molecule has 1 fully saturated rings. The average molecular weight is 348 g/mol. The predicted octanol–water partition coefficient (Wildman–Crippen LogP) is 1.14. The molecule has 128 valence electrons. The van der Waals surface area contributed by atoms with Crippen molar-refractivity contribution >= 4 is 15.7 Å². The third kappa shape index (κ3) is 3.06. The lowest BCUT2D eigenvalue weighted by Crippen LogP contribution is -2.38. The minimum atomic E-state index is -3.04. The molecule has 0 unspecified atom stereocenters. The number of amides is 1. The maximum absolute atomic E-state index is 12.7. The van der Waals surface area contributed by atoms with Crippen molar-refractivity contribution in [3.8, 4) is 5.69 Å². The summed E-state index contributed by atoms with van der Waals surface area (Å²) in [7, 11) is -1.42. The first-order valence-electron chi connectivity index (χ1n) is 7.75. The lowest BCUT2D eigenvalue weighted by Gasteiger charge is -2.22. The molecule has 1 atom stereocenters. The van der Waals surface area contributed by atoms with E-state index in [0.717, 1.165) is 11.3 Å². The SMILES string of the molecule is Cc1ccc(-n2nnc(C(=O)N(C)[C@@H]3CCS(=O)(=O)C3)c2C)cc1. The van der Waals surface area contributed by atoms with Crippen LogP contribution in [0.1, 0.15) is 28.2 Å². The van der Waals surface area contributed by atoms with Gasteiger partial charge in [-0.05, 0) is 32.4 Å². The number of sulfone groups is 1. The van der Waals surface area contributed by atoms with Gasteiger partial charge in [0.2, 0.25) is 0 Å². The molecule has 0 bridgehead atoms. The molecule has 8 heteroatoms. The molecule has 1 aromatic heterocycles. The van der Waals surface area contributed by atoms with Gasteiger partial charge in [0.05, 0.1) is 22.9 Å². The fraction of sp³-hybridized carbons (Fsp3) is 0.438. The maximum atomic E-state index is 12.7. The highest BCUT2D eigenvalue weighted by atomic mass is 32.2. The molecule has 1 aliphatic rings. The Bertz CT molecular complexity index is 871. The summed E-state index contributed by atoms with van der Waals surface area (Å²) in [5.74, 6) is -0.155. The van der Waals surface area contributed by atoms with Crippen LogP contribution in [0.5, 0.6) is 0 Å². The summed E-state index contributed by atoms with van der Waals surface area (Å²) in [4.78, 5) is 14.2. The van der Waals surface area contributed by atoms with Crippen molar-refractivity contribution in [3.05, 3.63) is 41.2 Å². The zero-order chi connectivity index (χ0) is 17.5. The number of benzene rings is 1. The number of aryl methyl sites for hydroxylation is 1. The van der Waals surface area contributed by atoms with Crippen LogP contribution >= 0.6 is 0 Å². The number of nitrogens with zero attached hydrogens (tertiary/aromatic N) is 4. The average Bonchev–Trinajstić information content (AvgIpc) is 3.09. The van der Waals surface area contributed by atoms with Crippen molar-refractivity contribution in [2.24, 2.45) is 0 Å². The quantitative estimate of drug-likeness (QED) is 0.830. The molecule has 0 spiro atoms. The fourth-order valence-corrected chi connectivity index (χ4v) is 4.65. The molecule has 2 heterocycles. The van der Waals surface area contributed by atoms with Crippen LogP contribution in [-0.2, 0) is 9.84 Å². The first-order valence-corrected chi connectivity index (χ1v) is 9.57. The van der Waals surface area contributed by atoms with E-state index < -0.39 is 9.84 Å². The summed E-state index contributed by atoms with van der Waals surface area (Å²) in [6.07, 6.45) is 0.468. The van der Waals surface area contributed by atoms with Crippen LogP contribution in [0.4, 0.5) is 0 Å². The Labute approximate surface area is 141 Å². The second-order valence-electron chi connectivity index (χ2n) is 6.24. The van der Waals surface area contributed by atoms with E-state index in [0.29, 0.717) is 12.1 Å². The van der Waals surface area contributed by atoms with Gasteiger partial charge in [-0.1, -0.05) is 22.9 Å². The highest BCUT2D eigenvalue weighted by Crippen LogP contribution is 2.20. The maximum Gasteiger partial charge on any atom is 0.276 e. The van der Waals surface area contributed by atoms with Gasteiger partial charge >= 0.3 is 0 Å². The largest absolute Gasteiger partial charge is 0.336 e. The molecular weight excluding hydrogens is 328 g/mol. The van der Waals surface area contributed by atoms with Crippen molar-refractivity contribution in [1.82, 2.24) is 19.9 Å². The van der Waals surface area contributed by atoms with Gasteiger partial charge in [-0.15, -0.1) is 5.10 Å². The zero-order valence-corrected chi connectivity index (χ0v) is 14.7. The van der Waals surface area contributed by atoms with Crippen LogP contribution in [0.2, 0.25) is 0 Å². The summed E-state index contributed by atoms with van der Waals surface area (Å²) in [5.41, 5.74) is 2.85. The Morgan fingerprint density at radius 3 is 2.50 bits per heavy atom. The number of aromatic nitrogens is 3. The van der Waals surface area contributed by atoms with E-state index in [1.165, 1.54) is 4.90 Å². The van der Waals surface area contributed by atoms with Crippen molar-refractivity contribution in [2.75, 3.05) is 18.6 Å². The van der Waals surface area contributed by atoms with E-state index in [2.05, 4.69) is 10.3 Å². The molecule has 3 rings (SSSR count). The highest BCUT2D eigenvalue weighted by molar-refractivity contribution is 7.91. The first kappa shape index (κ1) is 16.6. The molecule has 2 aromatic rings. The summed E-state index contributed by atoms with van der Waals surface area (Å²) in [6.45, 7) is 3.78. The van der Waals surface area contributed by atoms with Crippen molar-refractivity contribution < 1.29 is 13.2 Å². The van der Waals surface area contributed by atoms with Gasteiger partial charge in [-0.25, -0.2) is 13.1 Å². The fourth-order valence-electron chi connectivity index (χ4n) is 2.87. The number of hydrogen-bond acceptors (Lipinski definition) is 5. The Balaban J connectivity index is 1.85. The van der Waals surface area contributed by atoms with Gasteiger partial charge in [-0.3, -0.25) is 4.79 Å². The molecule has 1 amide bonds. The summed E-state index contributed by atoms with van der Waals surface area (Å²) in [5, 5.41) is 8.09. The molecule has 1 aliphatic heterocycles. The van der Waals surface area contributed by atoms with Gasteiger partial charge in [0.15, 0.2) is 15.5 Å². The molecule has 0 N–H and O–H groups in total. The standard InChI is InChI=1S/C16H20N4O3S/c1-11-4-6-13(7-5-11)20-12(2)15(17-18-20)16(21)19(3)14-8-9-24(22,23)10-14/h4-7,14H,8-10H2,1-3H3/t14-/m1/s1. The molecule has 1 saturated heterocycles. The van der Waals surface area contributed by atoms with Gasteiger partial charge < -0.3 is 4.90 Å². The van der Waals surface area contributed by atoms with Crippen molar-refractivity contribution in [1.29, 1.82) is 0 Å². The van der Waals surface area contributed by atoms with Crippen LogP contribution in [-0.4, -0.2) is 58.8 Å². The van der Waals surface area contributed by atoms with E-state index in [-0.39, 0.29) is 29.1 Å². The van der Waals surface area contributed by atoms with Gasteiger partial charge in [0.1, 0.15) is 0 Å². The lowest BCUT2D eigenvalue weighted by molar-refractivity contribution is 0.0741. The smallest absolute Gasteiger partial charge is 0.276 e. The Hall–Kier alpha value is -2.22. The minimum absolute atomic E-state index is 0.0143. The number of carbonyl (C=O) groups is 1.